The van der Waals surface area contributed by atoms with E-state index in [4.69, 9.17) is 27.4 Å². The molecule has 1 aromatic rings. The molecule has 1 aliphatic heterocycles. The van der Waals surface area contributed by atoms with Crippen molar-refractivity contribution in [2.45, 2.75) is 13.0 Å². The van der Waals surface area contributed by atoms with Crippen molar-refractivity contribution >= 4 is 28.9 Å². The Balaban J connectivity index is 2.31. The second-order valence-corrected chi connectivity index (χ2v) is 5.10. The summed E-state index contributed by atoms with van der Waals surface area (Å²) in [6.45, 7) is 3.59. The molecule has 1 unspecified atom stereocenters. The van der Waals surface area contributed by atoms with E-state index in [0.29, 0.717) is 24.7 Å². The number of morpholine rings is 1. The minimum atomic E-state index is -0.576. The number of rotatable bonds is 3. The fourth-order valence-corrected chi connectivity index (χ4v) is 2.57. The van der Waals surface area contributed by atoms with E-state index < -0.39 is 6.10 Å². The predicted octanol–water partition coefficient (Wildman–Crippen LogP) is 1.01. The van der Waals surface area contributed by atoms with Gasteiger partial charge >= 0.3 is 5.97 Å². The Morgan fingerprint density at radius 2 is 2.30 bits per heavy atom. The molecule has 1 aliphatic rings. The van der Waals surface area contributed by atoms with Crippen LogP contribution in [0.25, 0.3) is 0 Å². The lowest BCUT2D eigenvalue weighted by molar-refractivity contribution is -0.154. The van der Waals surface area contributed by atoms with Crippen LogP contribution in [0.5, 0.6) is 0 Å². The molecule has 1 aromatic carbocycles. The van der Waals surface area contributed by atoms with Crippen molar-refractivity contribution < 1.29 is 14.3 Å². The van der Waals surface area contributed by atoms with Gasteiger partial charge in [-0.1, -0.05) is 24.4 Å². The maximum absolute atomic E-state index is 11.6. The number of carbonyl (C=O) groups excluding carboxylic acids is 1. The van der Waals surface area contributed by atoms with Crippen LogP contribution in [0.15, 0.2) is 18.2 Å². The van der Waals surface area contributed by atoms with Crippen molar-refractivity contribution in [1.82, 2.24) is 0 Å². The Hall–Kier alpha value is -1.66. The van der Waals surface area contributed by atoms with Gasteiger partial charge in [-0.25, -0.2) is 4.79 Å². The summed E-state index contributed by atoms with van der Waals surface area (Å²) in [6, 6.07) is 5.82. The summed E-state index contributed by atoms with van der Waals surface area (Å²) in [5.74, 6) is -0.361. The molecule has 0 aromatic heterocycles. The van der Waals surface area contributed by atoms with E-state index in [2.05, 4.69) is 4.90 Å². The molecule has 1 heterocycles. The van der Waals surface area contributed by atoms with Gasteiger partial charge < -0.3 is 20.1 Å². The van der Waals surface area contributed by atoms with E-state index in [-0.39, 0.29) is 5.97 Å². The molecule has 0 spiro atoms. The third-order valence-electron chi connectivity index (χ3n) is 3.35. The Morgan fingerprint density at radius 1 is 1.55 bits per heavy atom. The third kappa shape index (κ3) is 2.91. The van der Waals surface area contributed by atoms with Crippen molar-refractivity contribution in [2.75, 3.05) is 31.7 Å². The average Bonchev–Trinajstić information content (AvgIpc) is 2.46. The van der Waals surface area contributed by atoms with E-state index in [9.17, 15) is 4.79 Å². The van der Waals surface area contributed by atoms with Crippen molar-refractivity contribution in [3.8, 4) is 0 Å². The van der Waals surface area contributed by atoms with Crippen LogP contribution in [0.4, 0.5) is 5.69 Å². The first-order valence-corrected chi connectivity index (χ1v) is 6.79. The van der Waals surface area contributed by atoms with Gasteiger partial charge in [-0.05, 0) is 18.6 Å². The van der Waals surface area contributed by atoms with Gasteiger partial charge in [-0.2, -0.15) is 0 Å². The molecule has 0 amide bonds. The van der Waals surface area contributed by atoms with Crippen LogP contribution in [-0.4, -0.2) is 43.9 Å². The Kier molecular flexibility index (Phi) is 4.57. The number of nitrogens with two attached hydrogens (primary N) is 1. The molecule has 1 fully saturated rings. The number of carbonyl (C=O) groups is 1. The zero-order valence-corrected chi connectivity index (χ0v) is 12.4. The second kappa shape index (κ2) is 6.19. The topological polar surface area (TPSA) is 64.8 Å². The highest BCUT2D eigenvalue weighted by atomic mass is 32.1. The number of anilines is 1. The van der Waals surface area contributed by atoms with Crippen molar-refractivity contribution in [1.29, 1.82) is 0 Å². The molecular formula is C14H18N2O3S. The molecule has 2 rings (SSSR count). The maximum Gasteiger partial charge on any atom is 0.336 e. The number of ether oxygens (including phenoxy) is 2. The number of hydrogen-bond donors (Lipinski definition) is 1. The lowest BCUT2D eigenvalue weighted by atomic mass is 10.1. The first kappa shape index (κ1) is 14.7. The smallest absolute Gasteiger partial charge is 0.336 e. The Labute approximate surface area is 123 Å². The molecule has 6 heteroatoms. The number of hydrogen-bond acceptors (Lipinski definition) is 5. The largest absolute Gasteiger partial charge is 0.467 e. The van der Waals surface area contributed by atoms with Gasteiger partial charge in [0.1, 0.15) is 4.99 Å². The highest BCUT2D eigenvalue weighted by molar-refractivity contribution is 7.80. The fraction of sp³-hybridized carbons (Fsp3) is 0.429. The molecule has 2 N–H and O–H groups in total. The summed E-state index contributed by atoms with van der Waals surface area (Å²) < 4.78 is 10.2. The lowest BCUT2D eigenvalue weighted by Crippen LogP contribution is -2.47. The molecule has 0 radical (unpaired) electrons. The molecule has 5 nitrogen and oxygen atoms in total. The zero-order valence-electron chi connectivity index (χ0n) is 11.6. The average molecular weight is 294 g/mol. The van der Waals surface area contributed by atoms with Crippen LogP contribution in [0.2, 0.25) is 0 Å². The fourth-order valence-electron chi connectivity index (χ4n) is 2.40. The molecule has 0 bridgehead atoms. The molecule has 0 saturated carbocycles. The summed E-state index contributed by atoms with van der Waals surface area (Å²) in [7, 11) is 1.36. The van der Waals surface area contributed by atoms with Crippen LogP contribution in [0, 0.1) is 6.92 Å². The van der Waals surface area contributed by atoms with Gasteiger partial charge in [-0.3, -0.25) is 0 Å². The number of esters is 1. The predicted molar refractivity (Wildman–Crippen MR) is 81.0 cm³/mol. The number of methoxy groups -OCH3 is 1. The minimum absolute atomic E-state index is 0.352. The summed E-state index contributed by atoms with van der Waals surface area (Å²) in [6.07, 6.45) is -0.576. The maximum atomic E-state index is 11.6. The summed E-state index contributed by atoms with van der Waals surface area (Å²) >= 11 is 5.11. The molecular weight excluding hydrogens is 276 g/mol. The number of aryl methyl sites for hydroxylation is 1. The normalized spacial score (nSPS) is 18.7. The van der Waals surface area contributed by atoms with E-state index >= 15 is 0 Å². The van der Waals surface area contributed by atoms with Gasteiger partial charge in [0.25, 0.3) is 0 Å². The zero-order chi connectivity index (χ0) is 14.7. The Morgan fingerprint density at radius 3 is 2.95 bits per heavy atom. The number of benzene rings is 1. The highest BCUT2D eigenvalue weighted by Crippen LogP contribution is 2.27. The van der Waals surface area contributed by atoms with Crippen molar-refractivity contribution in [2.24, 2.45) is 5.73 Å². The molecule has 1 saturated heterocycles. The van der Waals surface area contributed by atoms with Gasteiger partial charge in [0.15, 0.2) is 6.10 Å². The van der Waals surface area contributed by atoms with E-state index in [1.165, 1.54) is 7.11 Å². The summed E-state index contributed by atoms with van der Waals surface area (Å²) in [5.41, 5.74) is 8.66. The third-order valence-corrected chi connectivity index (χ3v) is 3.57. The van der Waals surface area contributed by atoms with Crippen molar-refractivity contribution in [3.63, 3.8) is 0 Å². The second-order valence-electron chi connectivity index (χ2n) is 4.66. The number of para-hydroxylation sites is 1. The SMILES string of the molecule is COC(=O)C1CN(c2c(C)cccc2C(N)=S)CCO1. The first-order chi connectivity index (χ1) is 9.54. The van der Waals surface area contributed by atoms with Gasteiger partial charge in [0, 0.05) is 12.1 Å². The monoisotopic (exact) mass is 294 g/mol. The van der Waals surface area contributed by atoms with Crippen LogP contribution < -0.4 is 10.6 Å². The van der Waals surface area contributed by atoms with E-state index in [0.717, 1.165) is 16.8 Å². The van der Waals surface area contributed by atoms with Crippen molar-refractivity contribution in [3.05, 3.63) is 29.3 Å². The quantitative estimate of drug-likeness (QED) is 0.663. The van der Waals surface area contributed by atoms with Crippen LogP contribution in [-0.2, 0) is 14.3 Å². The van der Waals surface area contributed by atoms with Crippen LogP contribution in [0.1, 0.15) is 11.1 Å². The minimum Gasteiger partial charge on any atom is -0.467 e. The molecule has 1 atom stereocenters. The van der Waals surface area contributed by atoms with Crippen LogP contribution in [0.3, 0.4) is 0 Å². The highest BCUT2D eigenvalue weighted by Gasteiger charge is 2.29. The van der Waals surface area contributed by atoms with Gasteiger partial charge in [-0.15, -0.1) is 0 Å². The number of nitrogens with zero attached hydrogens (tertiary/aromatic N) is 1. The van der Waals surface area contributed by atoms with E-state index in [1.807, 2.05) is 25.1 Å². The van der Waals surface area contributed by atoms with Gasteiger partial charge in [0.05, 0.1) is 25.9 Å². The first-order valence-electron chi connectivity index (χ1n) is 6.38. The number of thiocarbonyl (C=S) groups is 1. The Bertz CT molecular complexity index is 533. The summed E-state index contributed by atoms with van der Waals surface area (Å²) in [4.78, 5) is 14.1. The van der Waals surface area contributed by atoms with E-state index in [1.54, 1.807) is 0 Å². The molecule has 20 heavy (non-hydrogen) atoms. The summed E-state index contributed by atoms with van der Waals surface area (Å²) in [5, 5.41) is 0. The standard InChI is InChI=1S/C14H18N2O3S/c1-9-4-3-5-10(13(15)20)12(9)16-6-7-19-11(8-16)14(17)18-2/h3-5,11H,6-8H2,1-2H3,(H2,15,20). The lowest BCUT2D eigenvalue weighted by Gasteiger charge is -2.35. The van der Waals surface area contributed by atoms with Crippen LogP contribution >= 0.6 is 12.2 Å². The molecule has 0 aliphatic carbocycles. The molecule has 108 valence electrons. The van der Waals surface area contributed by atoms with Gasteiger partial charge in [0.2, 0.25) is 0 Å².